The van der Waals surface area contributed by atoms with E-state index in [4.69, 9.17) is 4.74 Å². The number of nitrogens with one attached hydrogen (secondary N) is 2. The maximum absolute atomic E-state index is 11.1. The van der Waals surface area contributed by atoms with Gasteiger partial charge in [-0.1, -0.05) is 32.4 Å². The van der Waals surface area contributed by atoms with Crippen LogP contribution in [0.4, 0.5) is 0 Å². The highest BCUT2D eigenvalue weighted by atomic mass is 127. The van der Waals surface area contributed by atoms with Crippen molar-refractivity contribution in [1.29, 1.82) is 0 Å². The van der Waals surface area contributed by atoms with Crippen LogP contribution in [0.5, 0.6) is 5.75 Å². The van der Waals surface area contributed by atoms with Crippen LogP contribution in [0.25, 0.3) is 0 Å². The van der Waals surface area contributed by atoms with Crippen LogP contribution in [-0.2, 0) is 9.53 Å². The summed E-state index contributed by atoms with van der Waals surface area (Å²) in [5.41, 5.74) is 1.17. The van der Waals surface area contributed by atoms with Crippen molar-refractivity contribution in [3.8, 4) is 5.75 Å². The van der Waals surface area contributed by atoms with Gasteiger partial charge in [0.15, 0.2) is 5.96 Å². The average Bonchev–Trinajstić information content (AvgIpc) is 2.67. The Morgan fingerprint density at radius 1 is 1.11 bits per heavy atom. The Morgan fingerprint density at radius 3 is 2.36 bits per heavy atom. The Bertz CT molecular complexity index is 577. The third-order valence-electron chi connectivity index (χ3n) is 4.12. The lowest BCUT2D eigenvalue weighted by atomic mass is 10.1. The Hall–Kier alpha value is -1.51. The number of carbonyl (C=O) groups excluding carboxylic acids is 1. The molecule has 0 bridgehead atoms. The van der Waals surface area contributed by atoms with Crippen LogP contribution >= 0.6 is 24.0 Å². The van der Waals surface area contributed by atoms with Crippen molar-refractivity contribution in [3.63, 3.8) is 0 Å². The third-order valence-corrected chi connectivity index (χ3v) is 4.12. The molecule has 1 aromatic carbocycles. The van der Waals surface area contributed by atoms with E-state index in [0.29, 0.717) is 12.3 Å². The monoisotopic (exact) mass is 505 g/mol. The van der Waals surface area contributed by atoms with Gasteiger partial charge in [0.05, 0.1) is 19.8 Å². The molecule has 0 spiro atoms. The Morgan fingerprint density at radius 2 is 1.79 bits per heavy atom. The molecule has 0 radical (unpaired) electrons. The smallest absolute Gasteiger partial charge is 0.305 e. The van der Waals surface area contributed by atoms with Gasteiger partial charge >= 0.3 is 5.97 Å². The quantitative estimate of drug-likeness (QED) is 0.154. The van der Waals surface area contributed by atoms with Crippen LogP contribution in [0.1, 0.15) is 58.1 Å². The molecule has 0 saturated heterocycles. The first-order chi connectivity index (χ1) is 13.0. The number of aliphatic imine (C=N–C) groups is 1. The number of esters is 1. The van der Waals surface area contributed by atoms with Crippen molar-refractivity contribution in [1.82, 2.24) is 10.6 Å². The van der Waals surface area contributed by atoms with Gasteiger partial charge in [0.25, 0.3) is 0 Å². The number of nitrogens with zero attached hydrogens (tertiary/aromatic N) is 1. The predicted octanol–water partition coefficient (Wildman–Crippen LogP) is 4.30. The van der Waals surface area contributed by atoms with Crippen molar-refractivity contribution in [2.45, 2.75) is 52.5 Å². The Balaban J connectivity index is 0.00000729. The van der Waals surface area contributed by atoms with E-state index in [1.54, 1.807) is 7.05 Å². The molecule has 1 unspecified atom stereocenters. The number of hydrogen-bond donors (Lipinski definition) is 2. The fourth-order valence-corrected chi connectivity index (χ4v) is 2.48. The number of carbonyl (C=O) groups is 1. The topological polar surface area (TPSA) is 72.0 Å². The molecule has 0 aliphatic heterocycles. The van der Waals surface area contributed by atoms with E-state index in [2.05, 4.69) is 53.3 Å². The fourth-order valence-electron chi connectivity index (χ4n) is 2.48. The number of benzene rings is 1. The molecule has 1 aromatic rings. The van der Waals surface area contributed by atoms with E-state index in [0.717, 1.165) is 44.1 Å². The lowest BCUT2D eigenvalue weighted by molar-refractivity contribution is -0.140. The Labute approximate surface area is 186 Å². The molecule has 0 fully saturated rings. The summed E-state index contributed by atoms with van der Waals surface area (Å²) in [7, 11) is 3.19. The molecule has 0 amide bonds. The zero-order chi connectivity index (χ0) is 20.1. The summed E-state index contributed by atoms with van der Waals surface area (Å²) < 4.78 is 10.4. The van der Waals surface area contributed by atoms with Gasteiger partial charge in [-0.2, -0.15) is 0 Å². The summed E-state index contributed by atoms with van der Waals surface area (Å²) in [6, 6.07) is 8.30. The molecule has 0 aliphatic rings. The van der Waals surface area contributed by atoms with Crippen molar-refractivity contribution in [3.05, 3.63) is 29.8 Å². The summed E-state index contributed by atoms with van der Waals surface area (Å²) in [5, 5.41) is 6.71. The average molecular weight is 505 g/mol. The van der Waals surface area contributed by atoms with Gasteiger partial charge in [-0.25, -0.2) is 0 Å². The van der Waals surface area contributed by atoms with Crippen LogP contribution in [0.15, 0.2) is 29.3 Å². The summed E-state index contributed by atoms with van der Waals surface area (Å²) in [6.07, 6.45) is 3.29. The minimum atomic E-state index is -0.144. The molecule has 28 heavy (non-hydrogen) atoms. The predicted molar refractivity (Wildman–Crippen MR) is 126 cm³/mol. The molecule has 6 nitrogen and oxygen atoms in total. The normalized spacial score (nSPS) is 12.1. The van der Waals surface area contributed by atoms with Crippen molar-refractivity contribution in [2.75, 3.05) is 27.3 Å². The van der Waals surface area contributed by atoms with Crippen molar-refractivity contribution >= 4 is 35.9 Å². The SMILES string of the molecule is CN=C(NCCCCCC(=O)OC)NC(C)c1ccc(OCC(C)C)cc1.I. The van der Waals surface area contributed by atoms with E-state index in [1.165, 1.54) is 12.7 Å². The van der Waals surface area contributed by atoms with E-state index in [9.17, 15) is 4.79 Å². The van der Waals surface area contributed by atoms with E-state index >= 15 is 0 Å². The van der Waals surface area contributed by atoms with Gasteiger partial charge in [-0.3, -0.25) is 9.79 Å². The lowest BCUT2D eigenvalue weighted by Crippen LogP contribution is -2.39. The van der Waals surface area contributed by atoms with Gasteiger partial charge in [-0.05, 0) is 43.4 Å². The van der Waals surface area contributed by atoms with Crippen LogP contribution in [0.2, 0.25) is 0 Å². The van der Waals surface area contributed by atoms with Crippen LogP contribution in [0, 0.1) is 5.92 Å². The van der Waals surface area contributed by atoms with E-state index < -0.39 is 0 Å². The lowest BCUT2D eigenvalue weighted by Gasteiger charge is -2.19. The summed E-state index contributed by atoms with van der Waals surface area (Å²) in [6.45, 7) is 7.92. The van der Waals surface area contributed by atoms with Crippen LogP contribution < -0.4 is 15.4 Å². The second-order valence-corrected chi connectivity index (χ2v) is 7.03. The highest BCUT2D eigenvalue weighted by Gasteiger charge is 2.08. The number of hydrogen-bond acceptors (Lipinski definition) is 4. The molecule has 2 N–H and O–H groups in total. The van der Waals surface area contributed by atoms with Crippen molar-refractivity contribution < 1.29 is 14.3 Å². The zero-order valence-corrected chi connectivity index (χ0v) is 20.1. The number of rotatable bonds is 11. The van der Waals surface area contributed by atoms with Gasteiger partial charge in [-0.15, -0.1) is 24.0 Å². The first-order valence-electron chi connectivity index (χ1n) is 9.73. The van der Waals surface area contributed by atoms with E-state index in [1.807, 2.05) is 12.1 Å². The first-order valence-corrected chi connectivity index (χ1v) is 9.73. The second kappa shape index (κ2) is 15.4. The minimum absolute atomic E-state index is 0. The van der Waals surface area contributed by atoms with Gasteiger partial charge < -0.3 is 20.1 Å². The number of guanidine groups is 1. The number of ether oxygens (including phenoxy) is 2. The molecule has 1 atom stereocenters. The molecule has 0 aromatic heterocycles. The molecule has 0 saturated carbocycles. The first kappa shape index (κ1) is 26.5. The summed E-state index contributed by atoms with van der Waals surface area (Å²) in [4.78, 5) is 15.3. The zero-order valence-electron chi connectivity index (χ0n) is 17.8. The maximum Gasteiger partial charge on any atom is 0.305 e. The molecule has 7 heteroatoms. The van der Waals surface area contributed by atoms with Gasteiger partial charge in [0, 0.05) is 20.0 Å². The number of halogens is 1. The third kappa shape index (κ3) is 11.4. The van der Waals surface area contributed by atoms with Crippen molar-refractivity contribution in [2.24, 2.45) is 10.9 Å². The maximum atomic E-state index is 11.1. The molecule has 1 rings (SSSR count). The van der Waals surface area contributed by atoms with Gasteiger partial charge in [0.2, 0.25) is 0 Å². The molecule has 0 aliphatic carbocycles. The van der Waals surface area contributed by atoms with E-state index in [-0.39, 0.29) is 36.0 Å². The molecular formula is C21H36IN3O3. The van der Waals surface area contributed by atoms with Gasteiger partial charge in [0.1, 0.15) is 5.75 Å². The highest BCUT2D eigenvalue weighted by Crippen LogP contribution is 2.18. The molecule has 160 valence electrons. The standard InChI is InChI=1S/C21H35N3O3.HI/c1-16(2)15-27-19-12-10-18(11-13-19)17(3)24-21(22-4)23-14-8-6-7-9-20(25)26-5;/h10-13,16-17H,6-9,14-15H2,1-5H3,(H2,22,23,24);1H. The number of unbranched alkanes of at least 4 members (excludes halogenated alkanes) is 2. The number of methoxy groups -OCH3 is 1. The second-order valence-electron chi connectivity index (χ2n) is 7.03. The minimum Gasteiger partial charge on any atom is -0.493 e. The summed E-state index contributed by atoms with van der Waals surface area (Å²) >= 11 is 0. The largest absolute Gasteiger partial charge is 0.493 e. The summed E-state index contributed by atoms with van der Waals surface area (Å²) in [5.74, 6) is 2.04. The highest BCUT2D eigenvalue weighted by molar-refractivity contribution is 14.0. The molecule has 0 heterocycles. The molecular weight excluding hydrogens is 469 g/mol. The Kier molecular flexibility index (Phi) is 14.6. The van der Waals surface area contributed by atoms with Crippen LogP contribution in [-0.4, -0.2) is 39.2 Å². The van der Waals surface area contributed by atoms with Crippen LogP contribution in [0.3, 0.4) is 0 Å². The fraction of sp³-hybridized carbons (Fsp3) is 0.619.